The van der Waals surface area contributed by atoms with Gasteiger partial charge in [0.2, 0.25) is 19.9 Å². The van der Waals surface area contributed by atoms with Crippen molar-refractivity contribution in [3.63, 3.8) is 0 Å². The minimum Gasteiger partial charge on any atom is -0.449 e. The highest BCUT2D eigenvalue weighted by Crippen LogP contribution is 2.36. The summed E-state index contributed by atoms with van der Waals surface area (Å²) in [6, 6.07) is 8.52. The van der Waals surface area contributed by atoms with E-state index in [1.54, 1.807) is 6.07 Å². The molecule has 188 valence electrons. The molecule has 0 heterocycles. The van der Waals surface area contributed by atoms with Gasteiger partial charge in [0, 0.05) is 20.1 Å². The zero-order valence-corrected chi connectivity index (χ0v) is 20.1. The Hall–Kier alpha value is -2.64. The molecule has 0 saturated carbocycles. The Labute approximate surface area is 196 Å². The Kier molecular flexibility index (Phi) is 9.08. The lowest BCUT2D eigenvalue weighted by atomic mass is 10.2. The number of likely N-dealkylation sites (N-methyl/N-ethyl adjacent to an activating group) is 1. The van der Waals surface area contributed by atoms with Crippen LogP contribution in [0.25, 0.3) is 0 Å². The summed E-state index contributed by atoms with van der Waals surface area (Å²) >= 11 is 0. The summed E-state index contributed by atoms with van der Waals surface area (Å²) in [5, 5.41) is 0. The number of unbranched alkanes of at least 4 members (excludes halogenated alkanes) is 1. The van der Waals surface area contributed by atoms with E-state index in [1.165, 1.54) is 31.3 Å². The number of sulfone groups is 1. The number of sulfonamides is 1. The maximum atomic E-state index is 13.5. The zero-order valence-electron chi connectivity index (χ0n) is 18.5. The summed E-state index contributed by atoms with van der Waals surface area (Å²) in [5.74, 6) is 0. The third kappa shape index (κ3) is 6.93. The number of nitrogens with zero attached hydrogens (tertiary/aromatic N) is 1. The van der Waals surface area contributed by atoms with Gasteiger partial charge in [0.05, 0.1) is 26.9 Å². The second kappa shape index (κ2) is 11.2. The van der Waals surface area contributed by atoms with E-state index in [4.69, 9.17) is 4.74 Å². The predicted octanol–water partition coefficient (Wildman–Crippen LogP) is 3.69. The molecule has 0 fully saturated rings. The number of amides is 1. The molecule has 0 aromatic heterocycles. The van der Waals surface area contributed by atoms with Crippen LogP contribution < -0.4 is 4.72 Å². The van der Waals surface area contributed by atoms with Gasteiger partial charge in [-0.15, -0.1) is 0 Å². The summed E-state index contributed by atoms with van der Waals surface area (Å²) < 4.78 is 98.6. The number of carbonyl (C=O) groups excluding carboxylic acids is 1. The number of rotatable bonds is 10. The Balaban J connectivity index is 2.30. The van der Waals surface area contributed by atoms with Gasteiger partial charge < -0.3 is 9.64 Å². The van der Waals surface area contributed by atoms with Crippen LogP contribution in [0.2, 0.25) is 0 Å². The first-order chi connectivity index (χ1) is 15.8. The maximum Gasteiger partial charge on any atom is 0.417 e. The van der Waals surface area contributed by atoms with E-state index in [2.05, 4.69) is 0 Å². The number of carbonyl (C=O) groups is 1. The number of hydrogen-bond acceptors (Lipinski definition) is 6. The fourth-order valence-electron chi connectivity index (χ4n) is 2.79. The molecule has 0 unspecified atom stereocenters. The topological polar surface area (TPSA) is 110 Å². The standard InChI is InChI=1S/C21H25F3N2O6S2/c1-3-4-14-32-20(27)26(2)13-12-25-34(30,31)19-15-17(10-11-18(19)21(22,23)24)33(28,29)16-8-6-5-7-9-16/h5-11,15,25H,3-4,12-14H2,1-2H3. The van der Waals surface area contributed by atoms with Crippen molar-refractivity contribution in [3.05, 3.63) is 54.1 Å². The summed E-state index contributed by atoms with van der Waals surface area (Å²) in [7, 11) is -7.72. The lowest BCUT2D eigenvalue weighted by Gasteiger charge is -2.18. The highest BCUT2D eigenvalue weighted by molar-refractivity contribution is 7.91. The Morgan fingerprint density at radius 2 is 1.68 bits per heavy atom. The van der Waals surface area contributed by atoms with Gasteiger partial charge in [-0.3, -0.25) is 0 Å². The SMILES string of the molecule is CCCCOC(=O)N(C)CCNS(=O)(=O)c1cc(S(=O)(=O)c2ccccc2)ccc1C(F)(F)F. The van der Waals surface area contributed by atoms with Gasteiger partial charge in [-0.2, -0.15) is 13.2 Å². The molecule has 1 amide bonds. The van der Waals surface area contributed by atoms with Crippen molar-refractivity contribution in [2.75, 3.05) is 26.7 Å². The number of hydrogen-bond donors (Lipinski definition) is 1. The largest absolute Gasteiger partial charge is 0.449 e. The molecule has 0 saturated heterocycles. The molecule has 34 heavy (non-hydrogen) atoms. The molecule has 0 bridgehead atoms. The smallest absolute Gasteiger partial charge is 0.417 e. The molecular formula is C21H25F3N2O6S2. The van der Waals surface area contributed by atoms with Crippen molar-refractivity contribution in [2.45, 2.75) is 40.6 Å². The highest BCUT2D eigenvalue weighted by atomic mass is 32.2. The van der Waals surface area contributed by atoms with E-state index in [1.807, 2.05) is 11.6 Å². The average molecular weight is 523 g/mol. The molecule has 13 heteroatoms. The van der Waals surface area contributed by atoms with Crippen LogP contribution in [0.1, 0.15) is 25.3 Å². The average Bonchev–Trinajstić information content (AvgIpc) is 2.78. The monoisotopic (exact) mass is 522 g/mol. The molecular weight excluding hydrogens is 497 g/mol. The van der Waals surface area contributed by atoms with E-state index < -0.39 is 54.0 Å². The normalized spacial score (nSPS) is 12.4. The summed E-state index contributed by atoms with van der Waals surface area (Å²) in [6.45, 7) is 1.48. The van der Waals surface area contributed by atoms with Gasteiger partial charge in [0.25, 0.3) is 0 Å². The van der Waals surface area contributed by atoms with Crippen LogP contribution in [0.3, 0.4) is 0 Å². The number of benzene rings is 2. The van der Waals surface area contributed by atoms with Gasteiger partial charge in [-0.05, 0) is 36.8 Å². The third-order valence-corrected chi connectivity index (χ3v) is 7.95. The number of halogens is 3. The van der Waals surface area contributed by atoms with E-state index in [9.17, 15) is 34.8 Å². The van der Waals surface area contributed by atoms with Crippen molar-refractivity contribution < 1.29 is 39.5 Å². The van der Waals surface area contributed by atoms with Crippen LogP contribution in [0, 0.1) is 0 Å². The summed E-state index contributed by atoms with van der Waals surface area (Å²) in [5.41, 5.74) is -1.51. The van der Waals surface area contributed by atoms with E-state index in [-0.39, 0.29) is 18.0 Å². The molecule has 0 atom stereocenters. The Morgan fingerprint density at radius 3 is 2.26 bits per heavy atom. The molecule has 2 aromatic carbocycles. The minimum absolute atomic E-state index is 0.184. The number of ether oxygens (including phenoxy) is 1. The fraction of sp³-hybridized carbons (Fsp3) is 0.381. The molecule has 0 aliphatic carbocycles. The quantitative estimate of drug-likeness (QED) is 0.477. The lowest BCUT2D eigenvalue weighted by Crippen LogP contribution is -2.37. The Bertz CT molecular complexity index is 1200. The highest BCUT2D eigenvalue weighted by Gasteiger charge is 2.38. The van der Waals surface area contributed by atoms with Gasteiger partial charge in [0.1, 0.15) is 0 Å². The minimum atomic E-state index is -5.06. The molecule has 0 spiro atoms. The molecule has 0 radical (unpaired) electrons. The maximum absolute atomic E-state index is 13.5. The first-order valence-electron chi connectivity index (χ1n) is 10.2. The van der Waals surface area contributed by atoms with Crippen LogP contribution in [0.15, 0.2) is 63.2 Å². The van der Waals surface area contributed by atoms with E-state index in [0.29, 0.717) is 24.6 Å². The molecule has 2 aromatic rings. The van der Waals surface area contributed by atoms with Gasteiger partial charge in [-0.1, -0.05) is 31.5 Å². The van der Waals surface area contributed by atoms with Crippen LogP contribution in [-0.2, 0) is 30.8 Å². The zero-order chi connectivity index (χ0) is 25.6. The van der Waals surface area contributed by atoms with Crippen molar-refractivity contribution in [3.8, 4) is 0 Å². The van der Waals surface area contributed by atoms with Crippen LogP contribution >= 0.6 is 0 Å². The Morgan fingerprint density at radius 1 is 1.03 bits per heavy atom. The molecule has 0 aliphatic heterocycles. The van der Waals surface area contributed by atoms with Crippen LogP contribution in [0.4, 0.5) is 18.0 Å². The fourth-order valence-corrected chi connectivity index (χ4v) is 5.45. The van der Waals surface area contributed by atoms with Crippen molar-refractivity contribution >= 4 is 26.0 Å². The first-order valence-corrected chi connectivity index (χ1v) is 13.2. The first kappa shape index (κ1) is 27.6. The number of nitrogens with one attached hydrogen (secondary N) is 1. The second-order valence-corrected chi connectivity index (χ2v) is 10.9. The van der Waals surface area contributed by atoms with Gasteiger partial charge in [-0.25, -0.2) is 26.4 Å². The van der Waals surface area contributed by atoms with Crippen LogP contribution in [-0.4, -0.2) is 54.6 Å². The molecule has 1 N–H and O–H groups in total. The molecule has 0 aliphatic rings. The lowest BCUT2D eigenvalue weighted by molar-refractivity contribution is -0.139. The van der Waals surface area contributed by atoms with E-state index >= 15 is 0 Å². The van der Waals surface area contributed by atoms with Crippen molar-refractivity contribution in [1.82, 2.24) is 9.62 Å². The van der Waals surface area contributed by atoms with Crippen molar-refractivity contribution in [1.29, 1.82) is 0 Å². The van der Waals surface area contributed by atoms with Gasteiger partial charge in [0.15, 0.2) is 0 Å². The number of alkyl halides is 3. The summed E-state index contributed by atoms with van der Waals surface area (Å²) in [4.78, 5) is 10.9. The molecule has 2 rings (SSSR count). The molecule has 8 nitrogen and oxygen atoms in total. The van der Waals surface area contributed by atoms with Crippen molar-refractivity contribution in [2.24, 2.45) is 0 Å². The third-order valence-electron chi connectivity index (χ3n) is 4.69. The predicted molar refractivity (Wildman–Crippen MR) is 117 cm³/mol. The second-order valence-electron chi connectivity index (χ2n) is 7.26. The summed E-state index contributed by atoms with van der Waals surface area (Å²) in [6.07, 6.45) is -4.31. The van der Waals surface area contributed by atoms with Crippen LogP contribution in [0.5, 0.6) is 0 Å². The van der Waals surface area contributed by atoms with E-state index in [0.717, 1.165) is 11.3 Å². The van der Waals surface area contributed by atoms with Gasteiger partial charge >= 0.3 is 12.3 Å².